The van der Waals surface area contributed by atoms with Crippen molar-refractivity contribution in [3.63, 3.8) is 0 Å². The van der Waals surface area contributed by atoms with Crippen molar-refractivity contribution in [1.29, 1.82) is 0 Å². The van der Waals surface area contributed by atoms with Crippen molar-refractivity contribution >= 4 is 0 Å². The third-order valence-corrected chi connectivity index (χ3v) is 4.45. The maximum Gasteiger partial charge on any atom is 0.0558 e. The Morgan fingerprint density at radius 1 is 1.21 bits per heavy atom. The lowest BCUT2D eigenvalue weighted by Crippen LogP contribution is -2.46. The molecule has 114 valence electrons. The van der Waals surface area contributed by atoms with E-state index in [1.165, 1.54) is 32.1 Å². The molecule has 0 bridgehead atoms. The molecule has 3 nitrogen and oxygen atoms in total. The average molecular weight is 270 g/mol. The van der Waals surface area contributed by atoms with Gasteiger partial charge in [0.1, 0.15) is 0 Å². The molecule has 0 aromatic carbocycles. The highest BCUT2D eigenvalue weighted by atomic mass is 16.3. The van der Waals surface area contributed by atoms with Crippen molar-refractivity contribution in [1.82, 2.24) is 10.2 Å². The van der Waals surface area contributed by atoms with Gasteiger partial charge in [0.15, 0.2) is 0 Å². The van der Waals surface area contributed by atoms with Crippen LogP contribution >= 0.6 is 0 Å². The van der Waals surface area contributed by atoms with E-state index in [1.54, 1.807) is 0 Å². The first kappa shape index (κ1) is 16.9. The molecule has 0 aromatic rings. The zero-order chi connectivity index (χ0) is 14.1. The van der Waals surface area contributed by atoms with E-state index in [2.05, 4.69) is 31.0 Å². The van der Waals surface area contributed by atoms with Crippen molar-refractivity contribution in [3.05, 3.63) is 0 Å². The molecule has 0 aromatic heterocycles. The van der Waals surface area contributed by atoms with Gasteiger partial charge in [-0.05, 0) is 50.6 Å². The van der Waals surface area contributed by atoms with Gasteiger partial charge in [0, 0.05) is 19.1 Å². The molecule has 1 aliphatic rings. The van der Waals surface area contributed by atoms with Gasteiger partial charge in [-0.3, -0.25) is 0 Å². The Morgan fingerprint density at radius 2 is 2.00 bits per heavy atom. The van der Waals surface area contributed by atoms with Crippen LogP contribution < -0.4 is 5.32 Å². The maximum absolute atomic E-state index is 9.23. The first-order chi connectivity index (χ1) is 9.21. The van der Waals surface area contributed by atoms with E-state index in [0.717, 1.165) is 38.0 Å². The number of nitrogens with one attached hydrogen (secondary N) is 1. The zero-order valence-corrected chi connectivity index (χ0v) is 13.2. The van der Waals surface area contributed by atoms with Gasteiger partial charge in [-0.15, -0.1) is 0 Å². The van der Waals surface area contributed by atoms with E-state index in [0.29, 0.717) is 6.04 Å². The number of hydrogen-bond donors (Lipinski definition) is 2. The van der Waals surface area contributed by atoms with E-state index >= 15 is 0 Å². The highest BCUT2D eigenvalue weighted by Gasteiger charge is 2.29. The SMILES string of the molecule is CCCCN(CCO)CC1CC(C)CCC1NCC. The monoisotopic (exact) mass is 270 g/mol. The Morgan fingerprint density at radius 3 is 2.63 bits per heavy atom. The van der Waals surface area contributed by atoms with Gasteiger partial charge in [-0.2, -0.15) is 0 Å². The van der Waals surface area contributed by atoms with Gasteiger partial charge in [0.25, 0.3) is 0 Å². The van der Waals surface area contributed by atoms with Crippen molar-refractivity contribution < 1.29 is 5.11 Å². The largest absolute Gasteiger partial charge is 0.395 e. The van der Waals surface area contributed by atoms with Crippen LogP contribution in [0.4, 0.5) is 0 Å². The Balaban J connectivity index is 2.50. The van der Waals surface area contributed by atoms with Crippen LogP contribution in [0.1, 0.15) is 52.9 Å². The number of aliphatic hydroxyl groups is 1. The fourth-order valence-electron chi connectivity index (χ4n) is 3.38. The molecular formula is C16H34N2O. The zero-order valence-electron chi connectivity index (χ0n) is 13.2. The average Bonchev–Trinajstić information content (AvgIpc) is 2.39. The molecule has 19 heavy (non-hydrogen) atoms. The summed E-state index contributed by atoms with van der Waals surface area (Å²) in [6.45, 7) is 11.3. The molecule has 2 N–H and O–H groups in total. The molecule has 0 radical (unpaired) electrons. The Labute approximate surface area is 119 Å². The normalized spacial score (nSPS) is 27.9. The van der Waals surface area contributed by atoms with Crippen LogP contribution in [0.2, 0.25) is 0 Å². The van der Waals surface area contributed by atoms with Crippen molar-refractivity contribution in [2.24, 2.45) is 11.8 Å². The first-order valence-electron chi connectivity index (χ1n) is 8.27. The second-order valence-electron chi connectivity index (χ2n) is 6.22. The van der Waals surface area contributed by atoms with Crippen LogP contribution in [0.3, 0.4) is 0 Å². The van der Waals surface area contributed by atoms with Crippen molar-refractivity contribution in [2.75, 3.05) is 32.8 Å². The topological polar surface area (TPSA) is 35.5 Å². The summed E-state index contributed by atoms with van der Waals surface area (Å²) in [5, 5.41) is 12.9. The van der Waals surface area contributed by atoms with E-state index < -0.39 is 0 Å². The third-order valence-electron chi connectivity index (χ3n) is 4.45. The fourth-order valence-corrected chi connectivity index (χ4v) is 3.38. The van der Waals surface area contributed by atoms with Crippen LogP contribution in [-0.4, -0.2) is 48.8 Å². The maximum atomic E-state index is 9.23. The summed E-state index contributed by atoms with van der Waals surface area (Å²) in [5.41, 5.74) is 0. The van der Waals surface area contributed by atoms with Crippen LogP contribution in [0.5, 0.6) is 0 Å². The van der Waals surface area contributed by atoms with Crippen molar-refractivity contribution in [3.8, 4) is 0 Å². The van der Waals surface area contributed by atoms with E-state index in [4.69, 9.17) is 0 Å². The number of rotatable bonds is 9. The Kier molecular flexibility index (Phi) is 8.67. The molecule has 3 unspecified atom stereocenters. The highest BCUT2D eigenvalue weighted by Crippen LogP contribution is 2.29. The van der Waals surface area contributed by atoms with Gasteiger partial charge in [-0.25, -0.2) is 0 Å². The molecule has 3 heteroatoms. The summed E-state index contributed by atoms with van der Waals surface area (Å²) in [4.78, 5) is 2.47. The minimum absolute atomic E-state index is 0.290. The van der Waals surface area contributed by atoms with Crippen LogP contribution in [0.15, 0.2) is 0 Å². The van der Waals surface area contributed by atoms with Crippen LogP contribution in [-0.2, 0) is 0 Å². The highest BCUT2D eigenvalue weighted by molar-refractivity contribution is 4.85. The van der Waals surface area contributed by atoms with E-state index in [-0.39, 0.29) is 6.61 Å². The molecule has 3 atom stereocenters. The molecular weight excluding hydrogens is 236 g/mol. The van der Waals surface area contributed by atoms with Gasteiger partial charge in [-0.1, -0.05) is 27.2 Å². The summed E-state index contributed by atoms with van der Waals surface area (Å²) in [7, 11) is 0. The number of nitrogens with zero attached hydrogens (tertiary/aromatic N) is 1. The Hall–Kier alpha value is -0.120. The van der Waals surface area contributed by atoms with Gasteiger partial charge < -0.3 is 15.3 Å². The quantitative estimate of drug-likeness (QED) is 0.676. The first-order valence-corrected chi connectivity index (χ1v) is 8.27. The number of hydrogen-bond acceptors (Lipinski definition) is 3. The van der Waals surface area contributed by atoms with Crippen LogP contribution in [0, 0.1) is 11.8 Å². The molecule has 1 rings (SSSR count). The molecule has 1 saturated carbocycles. The fraction of sp³-hybridized carbons (Fsp3) is 1.00. The molecule has 0 spiro atoms. The van der Waals surface area contributed by atoms with Crippen molar-refractivity contribution in [2.45, 2.75) is 58.9 Å². The second-order valence-corrected chi connectivity index (χ2v) is 6.22. The third kappa shape index (κ3) is 6.24. The molecule has 1 aliphatic carbocycles. The lowest BCUT2D eigenvalue weighted by atomic mass is 9.78. The summed E-state index contributed by atoms with van der Waals surface area (Å²) >= 11 is 0. The second kappa shape index (κ2) is 9.73. The minimum Gasteiger partial charge on any atom is -0.395 e. The standard InChI is InChI=1S/C16H34N2O/c1-4-6-9-18(10-11-19)13-15-12-14(3)7-8-16(15)17-5-2/h14-17,19H,4-13H2,1-3H3. The van der Waals surface area contributed by atoms with Gasteiger partial charge in [0.05, 0.1) is 6.61 Å². The lowest BCUT2D eigenvalue weighted by molar-refractivity contribution is 0.125. The number of unbranched alkanes of at least 4 members (excludes halogenated alkanes) is 1. The van der Waals surface area contributed by atoms with Crippen LogP contribution in [0.25, 0.3) is 0 Å². The smallest absolute Gasteiger partial charge is 0.0558 e. The molecule has 0 saturated heterocycles. The molecule has 0 amide bonds. The predicted molar refractivity (Wildman–Crippen MR) is 82.4 cm³/mol. The summed E-state index contributed by atoms with van der Waals surface area (Å²) in [5.74, 6) is 1.62. The van der Waals surface area contributed by atoms with Gasteiger partial charge >= 0.3 is 0 Å². The molecule has 0 aliphatic heterocycles. The van der Waals surface area contributed by atoms with Gasteiger partial charge in [0.2, 0.25) is 0 Å². The molecule has 1 fully saturated rings. The summed E-state index contributed by atoms with van der Waals surface area (Å²) in [6, 6.07) is 0.684. The minimum atomic E-state index is 0.290. The summed E-state index contributed by atoms with van der Waals surface area (Å²) in [6.07, 6.45) is 6.50. The summed E-state index contributed by atoms with van der Waals surface area (Å²) < 4.78 is 0. The van der Waals surface area contributed by atoms with E-state index in [9.17, 15) is 5.11 Å². The Bertz CT molecular complexity index is 223. The lowest BCUT2D eigenvalue weighted by Gasteiger charge is -2.38. The molecule has 0 heterocycles. The predicted octanol–water partition coefficient (Wildman–Crippen LogP) is 2.50. The van der Waals surface area contributed by atoms with E-state index in [1.807, 2.05) is 0 Å². The number of aliphatic hydroxyl groups excluding tert-OH is 1.